The molecule has 1 saturated heterocycles. The molecule has 0 unspecified atom stereocenters. The average Bonchev–Trinajstić information content (AvgIpc) is 2.86. The van der Waals surface area contributed by atoms with E-state index in [1.54, 1.807) is 12.4 Å². The van der Waals surface area contributed by atoms with Crippen molar-refractivity contribution in [3.8, 4) is 16.9 Å². The first-order valence-corrected chi connectivity index (χ1v) is 11.3. The van der Waals surface area contributed by atoms with Crippen LogP contribution in [-0.2, 0) is 16.0 Å². The van der Waals surface area contributed by atoms with Crippen molar-refractivity contribution in [1.29, 1.82) is 0 Å². The predicted molar refractivity (Wildman–Crippen MR) is 127 cm³/mol. The van der Waals surface area contributed by atoms with Gasteiger partial charge in [0.2, 0.25) is 5.91 Å². The maximum atomic E-state index is 12.9. The highest BCUT2D eigenvalue weighted by molar-refractivity contribution is 6.00. The van der Waals surface area contributed by atoms with E-state index < -0.39 is 18.0 Å². The number of amides is 1. The van der Waals surface area contributed by atoms with Crippen LogP contribution in [0, 0.1) is 0 Å². The molecular formula is C26H24F3N3O4. The van der Waals surface area contributed by atoms with Crippen molar-refractivity contribution < 1.29 is 32.2 Å². The van der Waals surface area contributed by atoms with Gasteiger partial charge in [-0.05, 0) is 41.0 Å². The molecule has 2 aromatic carbocycles. The lowest BCUT2D eigenvalue weighted by atomic mass is 10.00. The SMILES string of the molecule is O=C(CN1CCOCC1)Nc1cc(C(=O)Cc2ccc(-c3cccnc3)cc2)ccc1OC(F)(F)F. The summed E-state index contributed by atoms with van der Waals surface area (Å²) in [7, 11) is 0. The molecule has 1 aromatic heterocycles. The molecule has 1 aliphatic rings. The summed E-state index contributed by atoms with van der Waals surface area (Å²) in [6, 6.07) is 14.6. The molecule has 0 aliphatic carbocycles. The highest BCUT2D eigenvalue weighted by atomic mass is 19.4. The molecule has 1 amide bonds. The van der Waals surface area contributed by atoms with Crippen molar-refractivity contribution in [1.82, 2.24) is 9.88 Å². The predicted octanol–water partition coefficient (Wildman–Crippen LogP) is 4.34. The van der Waals surface area contributed by atoms with Gasteiger partial charge in [-0.25, -0.2) is 0 Å². The molecule has 7 nitrogen and oxygen atoms in total. The van der Waals surface area contributed by atoms with Gasteiger partial charge in [-0.1, -0.05) is 30.3 Å². The molecule has 0 bridgehead atoms. The number of anilines is 1. The molecule has 4 rings (SSSR count). The van der Waals surface area contributed by atoms with Gasteiger partial charge in [-0.15, -0.1) is 13.2 Å². The maximum Gasteiger partial charge on any atom is 0.573 e. The number of aromatic nitrogens is 1. The maximum absolute atomic E-state index is 12.9. The minimum atomic E-state index is -4.95. The molecule has 1 N–H and O–H groups in total. The van der Waals surface area contributed by atoms with E-state index in [1.807, 2.05) is 41.3 Å². The van der Waals surface area contributed by atoms with E-state index in [4.69, 9.17) is 4.74 Å². The van der Waals surface area contributed by atoms with Crippen molar-refractivity contribution in [2.24, 2.45) is 0 Å². The summed E-state index contributed by atoms with van der Waals surface area (Å²) >= 11 is 0. The van der Waals surface area contributed by atoms with Gasteiger partial charge in [0.25, 0.3) is 0 Å². The van der Waals surface area contributed by atoms with Gasteiger partial charge in [0.1, 0.15) is 0 Å². The molecule has 3 aromatic rings. The molecule has 1 aliphatic heterocycles. The minimum absolute atomic E-state index is 0.0176. The summed E-state index contributed by atoms with van der Waals surface area (Å²) in [4.78, 5) is 31.3. The molecule has 2 heterocycles. The van der Waals surface area contributed by atoms with Gasteiger partial charge in [-0.2, -0.15) is 0 Å². The Morgan fingerprint density at radius 2 is 1.78 bits per heavy atom. The molecular weight excluding hydrogens is 475 g/mol. The number of hydrogen-bond donors (Lipinski definition) is 1. The summed E-state index contributed by atoms with van der Waals surface area (Å²) in [5, 5.41) is 2.46. The second-order valence-corrected chi connectivity index (χ2v) is 8.23. The fourth-order valence-electron chi connectivity index (χ4n) is 3.80. The number of nitrogens with one attached hydrogen (secondary N) is 1. The highest BCUT2D eigenvalue weighted by Crippen LogP contribution is 2.32. The number of Topliss-reactive ketones (excluding diaryl/α,β-unsaturated/α-hetero) is 1. The standard InChI is InChI=1S/C26H24F3N3O4/c27-26(28,29)36-24-8-7-20(15-22(24)31-25(34)17-32-10-12-35-13-11-32)23(33)14-18-3-5-19(6-4-18)21-2-1-9-30-16-21/h1-9,15-16H,10-14,17H2,(H,31,34). The van der Waals surface area contributed by atoms with Crippen molar-refractivity contribution in [2.75, 3.05) is 38.2 Å². The molecule has 188 valence electrons. The van der Waals surface area contributed by atoms with Crippen LogP contribution in [0.25, 0.3) is 11.1 Å². The second kappa shape index (κ2) is 11.3. The number of ether oxygens (including phenoxy) is 2. The van der Waals surface area contributed by atoms with E-state index in [0.29, 0.717) is 26.3 Å². The van der Waals surface area contributed by atoms with Gasteiger partial charge in [0.05, 0.1) is 25.4 Å². The summed E-state index contributed by atoms with van der Waals surface area (Å²) in [5.74, 6) is -1.42. The lowest BCUT2D eigenvalue weighted by Crippen LogP contribution is -2.41. The minimum Gasteiger partial charge on any atom is -0.404 e. The molecule has 0 atom stereocenters. The Balaban J connectivity index is 1.48. The molecule has 1 fully saturated rings. The van der Waals surface area contributed by atoms with Crippen molar-refractivity contribution in [3.63, 3.8) is 0 Å². The number of carbonyl (C=O) groups excluding carboxylic acids is 2. The van der Waals surface area contributed by atoms with Gasteiger partial charge < -0.3 is 14.8 Å². The van der Waals surface area contributed by atoms with Gasteiger partial charge in [-0.3, -0.25) is 19.5 Å². The number of benzene rings is 2. The van der Waals surface area contributed by atoms with Gasteiger partial charge >= 0.3 is 6.36 Å². The number of ketones is 1. The number of rotatable bonds is 8. The molecule has 10 heteroatoms. The first-order valence-electron chi connectivity index (χ1n) is 11.3. The number of morpholine rings is 1. The zero-order valence-corrected chi connectivity index (χ0v) is 19.3. The molecule has 0 saturated carbocycles. The third-order valence-corrected chi connectivity index (χ3v) is 5.59. The normalized spacial score (nSPS) is 14.3. The Morgan fingerprint density at radius 1 is 1.03 bits per heavy atom. The summed E-state index contributed by atoms with van der Waals surface area (Å²) in [6.07, 6.45) is -1.50. The molecule has 0 spiro atoms. The van der Waals surface area contributed by atoms with Crippen molar-refractivity contribution >= 4 is 17.4 Å². The van der Waals surface area contributed by atoms with E-state index in [0.717, 1.165) is 22.8 Å². The van der Waals surface area contributed by atoms with Crippen LogP contribution in [0.15, 0.2) is 67.0 Å². The van der Waals surface area contributed by atoms with E-state index in [2.05, 4.69) is 15.0 Å². The zero-order chi connectivity index (χ0) is 25.5. The van der Waals surface area contributed by atoms with E-state index in [1.165, 1.54) is 12.1 Å². The second-order valence-electron chi connectivity index (χ2n) is 8.23. The van der Waals surface area contributed by atoms with E-state index in [9.17, 15) is 22.8 Å². The van der Waals surface area contributed by atoms with E-state index >= 15 is 0 Å². The lowest BCUT2D eigenvalue weighted by molar-refractivity contribution is -0.274. The monoisotopic (exact) mass is 499 g/mol. The number of halogens is 3. The smallest absolute Gasteiger partial charge is 0.404 e. The van der Waals surface area contributed by atoms with Crippen LogP contribution in [0.2, 0.25) is 0 Å². The topological polar surface area (TPSA) is 80.8 Å². The van der Waals surface area contributed by atoms with Crippen molar-refractivity contribution in [3.05, 3.63) is 78.1 Å². The Morgan fingerprint density at radius 3 is 2.44 bits per heavy atom. The Kier molecular flexibility index (Phi) is 7.97. The molecule has 0 radical (unpaired) electrons. The largest absolute Gasteiger partial charge is 0.573 e. The number of carbonyl (C=O) groups is 2. The van der Waals surface area contributed by atoms with Crippen LogP contribution < -0.4 is 10.1 Å². The summed E-state index contributed by atoms with van der Waals surface area (Å²) in [6.45, 7) is 2.01. The third kappa shape index (κ3) is 7.12. The van der Waals surface area contributed by atoms with Crippen molar-refractivity contribution in [2.45, 2.75) is 12.8 Å². The zero-order valence-electron chi connectivity index (χ0n) is 19.3. The number of alkyl halides is 3. The fraction of sp³-hybridized carbons (Fsp3) is 0.269. The van der Waals surface area contributed by atoms with Gasteiger partial charge in [0.15, 0.2) is 11.5 Å². The fourth-order valence-corrected chi connectivity index (χ4v) is 3.80. The number of hydrogen-bond acceptors (Lipinski definition) is 6. The third-order valence-electron chi connectivity index (χ3n) is 5.59. The van der Waals surface area contributed by atoms with Gasteiger partial charge in [0, 0.05) is 37.5 Å². The number of pyridine rings is 1. The average molecular weight is 499 g/mol. The van der Waals surface area contributed by atoms with Crippen LogP contribution in [0.5, 0.6) is 5.75 Å². The van der Waals surface area contributed by atoms with E-state index in [-0.39, 0.29) is 30.0 Å². The van der Waals surface area contributed by atoms with Crippen LogP contribution >= 0.6 is 0 Å². The Hall–Kier alpha value is -3.76. The van der Waals surface area contributed by atoms with Crippen LogP contribution in [-0.4, -0.2) is 60.8 Å². The van der Waals surface area contributed by atoms with Crippen LogP contribution in [0.3, 0.4) is 0 Å². The Bertz CT molecular complexity index is 1200. The van der Waals surface area contributed by atoms with Crippen LogP contribution in [0.4, 0.5) is 18.9 Å². The first-order chi connectivity index (χ1) is 17.3. The lowest BCUT2D eigenvalue weighted by Gasteiger charge is -2.26. The summed E-state index contributed by atoms with van der Waals surface area (Å²) < 4.78 is 48.0. The number of nitrogens with zero attached hydrogens (tertiary/aromatic N) is 2. The highest BCUT2D eigenvalue weighted by Gasteiger charge is 2.32. The first kappa shape index (κ1) is 25.3. The molecule has 36 heavy (non-hydrogen) atoms. The van der Waals surface area contributed by atoms with Crippen LogP contribution in [0.1, 0.15) is 15.9 Å². The quantitative estimate of drug-likeness (QED) is 0.465. The Labute approximate surface area is 205 Å². The summed E-state index contributed by atoms with van der Waals surface area (Å²) in [5.41, 5.74) is 2.55.